The quantitative estimate of drug-likeness (QED) is 0.510. The first-order valence-corrected chi connectivity index (χ1v) is 8.77. The summed E-state index contributed by atoms with van der Waals surface area (Å²) >= 11 is 1.38. The standard InChI is InChI=1S/C17H14N6O3S/c1-8-9(15(25)22-17(26)20-8)6-19-23-7-11(24)13(14(23)18)16-21-10-4-2-3-5-12(10)27-16/h2-6,18,24H,7H2,1H3,(H2,20,22,25,26)/b18-14?,19-6+. The van der Waals surface area contributed by atoms with Gasteiger partial charge in [0.15, 0.2) is 5.84 Å². The first kappa shape index (κ1) is 16.9. The number of fused-ring (bicyclic) bond motifs is 1. The summed E-state index contributed by atoms with van der Waals surface area (Å²) in [5.74, 6) is -0.0235. The van der Waals surface area contributed by atoms with Crippen LogP contribution in [0, 0.1) is 12.3 Å². The molecule has 0 saturated carbocycles. The van der Waals surface area contributed by atoms with Crippen LogP contribution in [0.3, 0.4) is 0 Å². The third-order valence-corrected chi connectivity index (χ3v) is 5.15. The van der Waals surface area contributed by atoms with Crippen LogP contribution in [0.25, 0.3) is 15.8 Å². The van der Waals surface area contributed by atoms with Gasteiger partial charge in [-0.1, -0.05) is 12.1 Å². The summed E-state index contributed by atoms with van der Waals surface area (Å²) in [6.45, 7) is 1.58. The van der Waals surface area contributed by atoms with Gasteiger partial charge in [0.05, 0.1) is 27.6 Å². The number of nitrogens with zero attached hydrogens (tertiary/aromatic N) is 3. The number of aliphatic hydroxyl groups is 1. The van der Waals surface area contributed by atoms with Crippen LogP contribution in [-0.2, 0) is 0 Å². The lowest BCUT2D eigenvalue weighted by Gasteiger charge is -2.11. The number of benzene rings is 1. The predicted octanol–water partition coefficient (Wildman–Crippen LogP) is 1.58. The average molecular weight is 382 g/mol. The van der Waals surface area contributed by atoms with Gasteiger partial charge in [-0.3, -0.25) is 15.2 Å². The molecule has 0 amide bonds. The van der Waals surface area contributed by atoms with Gasteiger partial charge in [-0.2, -0.15) is 5.10 Å². The van der Waals surface area contributed by atoms with Gasteiger partial charge in [0, 0.05) is 5.69 Å². The van der Waals surface area contributed by atoms with Crippen molar-refractivity contribution in [3.63, 3.8) is 0 Å². The minimum atomic E-state index is -0.596. The number of hydrogen-bond acceptors (Lipinski definition) is 7. The summed E-state index contributed by atoms with van der Waals surface area (Å²) in [5.41, 5.74) is 0.482. The van der Waals surface area contributed by atoms with Gasteiger partial charge < -0.3 is 10.1 Å². The monoisotopic (exact) mass is 382 g/mol. The number of hydrazone groups is 1. The molecule has 4 N–H and O–H groups in total. The molecule has 27 heavy (non-hydrogen) atoms. The van der Waals surface area contributed by atoms with E-state index in [1.807, 2.05) is 24.3 Å². The molecule has 4 rings (SSSR count). The third kappa shape index (κ3) is 2.95. The molecule has 0 radical (unpaired) electrons. The smallest absolute Gasteiger partial charge is 0.325 e. The van der Waals surface area contributed by atoms with Crippen molar-refractivity contribution in [2.24, 2.45) is 5.10 Å². The molecule has 1 aromatic carbocycles. The van der Waals surface area contributed by atoms with Crippen LogP contribution >= 0.6 is 11.3 Å². The Hall–Kier alpha value is -3.53. The summed E-state index contributed by atoms with van der Waals surface area (Å²) in [5, 5.41) is 24.6. The van der Waals surface area contributed by atoms with Crippen molar-refractivity contribution < 1.29 is 5.11 Å². The van der Waals surface area contributed by atoms with E-state index in [1.165, 1.54) is 22.6 Å². The van der Waals surface area contributed by atoms with Crippen LogP contribution in [-0.4, -0.2) is 43.7 Å². The highest BCUT2D eigenvalue weighted by atomic mass is 32.1. The molecule has 136 valence electrons. The number of para-hydroxylation sites is 1. The van der Waals surface area contributed by atoms with Gasteiger partial charge in [0.2, 0.25) is 0 Å². The number of aromatic amines is 2. The zero-order chi connectivity index (χ0) is 19.1. The van der Waals surface area contributed by atoms with Gasteiger partial charge in [-0.05, 0) is 19.1 Å². The zero-order valence-electron chi connectivity index (χ0n) is 14.1. The number of amidine groups is 1. The minimum Gasteiger partial charge on any atom is -0.509 e. The molecule has 0 spiro atoms. The fourth-order valence-electron chi connectivity index (χ4n) is 2.76. The van der Waals surface area contributed by atoms with Crippen molar-refractivity contribution in [2.45, 2.75) is 6.92 Å². The maximum atomic E-state index is 11.9. The van der Waals surface area contributed by atoms with E-state index < -0.39 is 11.2 Å². The fourth-order valence-corrected chi connectivity index (χ4v) is 3.79. The van der Waals surface area contributed by atoms with Crippen LogP contribution < -0.4 is 11.2 Å². The van der Waals surface area contributed by atoms with E-state index in [1.54, 1.807) is 6.92 Å². The molecular weight excluding hydrogens is 368 g/mol. The van der Waals surface area contributed by atoms with Gasteiger partial charge in [0.25, 0.3) is 5.56 Å². The van der Waals surface area contributed by atoms with Crippen LogP contribution in [0.15, 0.2) is 44.7 Å². The number of hydrogen-bond donors (Lipinski definition) is 4. The van der Waals surface area contributed by atoms with E-state index >= 15 is 0 Å². The first-order chi connectivity index (χ1) is 12.9. The van der Waals surface area contributed by atoms with E-state index in [9.17, 15) is 14.7 Å². The zero-order valence-corrected chi connectivity index (χ0v) is 14.9. The van der Waals surface area contributed by atoms with Gasteiger partial charge in [0.1, 0.15) is 17.3 Å². The van der Waals surface area contributed by atoms with Crippen LogP contribution in [0.5, 0.6) is 0 Å². The maximum absolute atomic E-state index is 11.9. The van der Waals surface area contributed by atoms with Gasteiger partial charge in [-0.15, -0.1) is 11.3 Å². The summed E-state index contributed by atoms with van der Waals surface area (Å²) in [7, 11) is 0. The number of thiazole rings is 1. The molecular formula is C17H14N6O3S. The molecule has 3 heterocycles. The van der Waals surface area contributed by atoms with E-state index in [-0.39, 0.29) is 23.7 Å². The molecule has 0 bridgehead atoms. The lowest BCUT2D eigenvalue weighted by atomic mass is 10.2. The normalized spacial score (nSPS) is 14.9. The molecule has 0 unspecified atom stereocenters. The van der Waals surface area contributed by atoms with Crippen molar-refractivity contribution in [3.05, 3.63) is 67.1 Å². The Labute approximate surface area is 155 Å². The molecule has 0 fully saturated rings. The van der Waals surface area contributed by atoms with Crippen LogP contribution in [0.2, 0.25) is 0 Å². The molecule has 0 saturated heterocycles. The predicted molar refractivity (Wildman–Crippen MR) is 104 cm³/mol. The third-order valence-electron chi connectivity index (χ3n) is 4.09. The second kappa shape index (κ2) is 6.32. The minimum absolute atomic E-state index is 0.000891. The topological polar surface area (TPSA) is 138 Å². The fraction of sp³-hybridized carbons (Fsp3) is 0.118. The Balaban J connectivity index is 1.64. The summed E-state index contributed by atoms with van der Waals surface area (Å²) in [6, 6.07) is 7.57. The summed E-state index contributed by atoms with van der Waals surface area (Å²) < 4.78 is 0.956. The van der Waals surface area contributed by atoms with Crippen molar-refractivity contribution in [2.75, 3.05) is 6.54 Å². The number of aryl methyl sites for hydroxylation is 1. The lowest BCUT2D eigenvalue weighted by Crippen LogP contribution is -2.28. The van der Waals surface area contributed by atoms with E-state index in [2.05, 4.69) is 20.1 Å². The molecule has 10 heteroatoms. The average Bonchev–Trinajstić information content (AvgIpc) is 3.14. The Morgan fingerprint density at radius 3 is 2.85 bits per heavy atom. The maximum Gasteiger partial charge on any atom is 0.325 e. The molecule has 0 atom stereocenters. The van der Waals surface area contributed by atoms with Crippen molar-refractivity contribution in [1.29, 1.82) is 5.41 Å². The van der Waals surface area contributed by atoms with Crippen molar-refractivity contribution in [1.82, 2.24) is 20.0 Å². The number of H-pyrrole nitrogens is 2. The lowest BCUT2D eigenvalue weighted by molar-refractivity contribution is 0.358. The van der Waals surface area contributed by atoms with Crippen LogP contribution in [0.1, 0.15) is 16.3 Å². The highest BCUT2D eigenvalue weighted by Gasteiger charge is 2.30. The van der Waals surface area contributed by atoms with Gasteiger partial charge >= 0.3 is 5.69 Å². The highest BCUT2D eigenvalue weighted by molar-refractivity contribution is 7.19. The number of aliphatic hydroxyl groups excluding tert-OH is 1. The molecule has 1 aliphatic heterocycles. The Morgan fingerprint density at radius 1 is 1.33 bits per heavy atom. The summed E-state index contributed by atoms with van der Waals surface area (Å²) in [4.78, 5) is 32.2. The SMILES string of the molecule is Cc1[nH]c(=O)[nH]c(=O)c1/C=N/N1CC(O)=C(c2nc3ccccc3s2)C1=N. The van der Waals surface area contributed by atoms with Crippen molar-refractivity contribution in [3.8, 4) is 0 Å². The Bertz CT molecular complexity index is 1220. The molecule has 0 aliphatic carbocycles. The number of nitrogens with one attached hydrogen (secondary N) is 3. The largest absolute Gasteiger partial charge is 0.509 e. The molecule has 1 aliphatic rings. The van der Waals surface area contributed by atoms with E-state index in [4.69, 9.17) is 5.41 Å². The molecule has 3 aromatic rings. The number of rotatable bonds is 3. The van der Waals surface area contributed by atoms with Crippen molar-refractivity contribution >= 4 is 39.2 Å². The van der Waals surface area contributed by atoms with Crippen LogP contribution in [0.4, 0.5) is 0 Å². The second-order valence-corrected chi connectivity index (χ2v) is 6.94. The van der Waals surface area contributed by atoms with Gasteiger partial charge in [-0.25, -0.2) is 14.8 Å². The van der Waals surface area contributed by atoms with E-state index in [0.717, 1.165) is 10.2 Å². The highest BCUT2D eigenvalue weighted by Crippen LogP contribution is 2.33. The Kier molecular flexibility index (Phi) is 3.96. The second-order valence-electron chi connectivity index (χ2n) is 5.91. The summed E-state index contributed by atoms with van der Waals surface area (Å²) in [6.07, 6.45) is 1.26. The van der Waals surface area contributed by atoms with E-state index in [0.29, 0.717) is 16.3 Å². The molecule has 2 aromatic heterocycles. The first-order valence-electron chi connectivity index (χ1n) is 7.95. The number of aromatic nitrogens is 3. The molecule has 9 nitrogen and oxygen atoms in total. The Morgan fingerprint density at radius 2 is 2.11 bits per heavy atom.